The van der Waals surface area contributed by atoms with Crippen LogP contribution < -0.4 is 24.8 Å². The largest absolute Gasteiger partial charge is 1.00 e. The Morgan fingerprint density at radius 3 is 1.22 bits per heavy atom. The van der Waals surface area contributed by atoms with Gasteiger partial charge in [-0.3, -0.25) is 0 Å². The fraction of sp³-hybridized carbons (Fsp3) is 0.462. The van der Waals surface area contributed by atoms with Crippen molar-refractivity contribution in [2.24, 2.45) is 11.8 Å². The van der Waals surface area contributed by atoms with Gasteiger partial charge in [0.15, 0.2) is 0 Å². The van der Waals surface area contributed by atoms with Crippen molar-refractivity contribution in [2.75, 3.05) is 0 Å². The van der Waals surface area contributed by atoms with Crippen LogP contribution in [0.2, 0.25) is 7.25 Å². The van der Waals surface area contributed by atoms with E-state index < -0.39 is 20.3 Å². The van der Waals surface area contributed by atoms with Crippen LogP contribution in [-0.2, 0) is 31.1 Å². The van der Waals surface area contributed by atoms with Gasteiger partial charge in [0, 0.05) is 0 Å². The van der Waals surface area contributed by atoms with Gasteiger partial charge < -0.3 is 24.8 Å². The summed E-state index contributed by atoms with van der Waals surface area (Å²) >= 11 is -3.13. The maximum absolute atomic E-state index is 3.13. The van der Waals surface area contributed by atoms with Crippen molar-refractivity contribution in [1.29, 1.82) is 0 Å². The van der Waals surface area contributed by atoms with Gasteiger partial charge in [0.25, 0.3) is 0 Å². The van der Waals surface area contributed by atoms with E-state index in [1.165, 1.54) is 71.9 Å². The molecule has 8 rings (SSSR count). The minimum Gasteiger partial charge on any atom is -1.00 e. The summed E-state index contributed by atoms with van der Waals surface area (Å²) in [5.74, 6) is 1.31. The molecule has 0 aromatic heterocycles. The summed E-state index contributed by atoms with van der Waals surface area (Å²) in [6.45, 7) is 23.8. The molecule has 4 unspecified atom stereocenters. The van der Waals surface area contributed by atoms with E-state index in [2.05, 4.69) is 166 Å². The number of hydrogen-bond acceptors (Lipinski definition) is 0. The summed E-state index contributed by atoms with van der Waals surface area (Å²) in [5, 5.41) is 0. The van der Waals surface area contributed by atoms with E-state index in [0.29, 0.717) is 19.1 Å². The number of hydrogen-bond donors (Lipinski definition) is 0. The third kappa shape index (κ3) is 7.52. The zero-order valence-electron chi connectivity index (χ0n) is 35.2. The van der Waals surface area contributed by atoms with Crippen LogP contribution in [0.15, 0.2) is 96.1 Å². The molecule has 1 saturated carbocycles. The topological polar surface area (TPSA) is 0 Å². The first-order chi connectivity index (χ1) is 25.2. The molecule has 4 aliphatic rings. The summed E-state index contributed by atoms with van der Waals surface area (Å²) in [6, 6.07) is 34.0. The molecule has 0 nitrogen and oxygen atoms in total. The molecule has 0 bridgehead atoms. The molecule has 0 N–H and O–H groups in total. The summed E-state index contributed by atoms with van der Waals surface area (Å²) in [5.41, 5.74) is 18.9. The van der Waals surface area contributed by atoms with Gasteiger partial charge in [-0.1, -0.05) is 0 Å². The zero-order chi connectivity index (χ0) is 37.4. The molecule has 0 radical (unpaired) electrons. The molecule has 4 aromatic rings. The Morgan fingerprint density at radius 2 is 0.891 bits per heavy atom. The van der Waals surface area contributed by atoms with Crippen LogP contribution in [-0.4, -0.2) is 0 Å². The zero-order valence-corrected chi connectivity index (χ0v) is 39.2. The van der Waals surface area contributed by atoms with Crippen molar-refractivity contribution < 1.29 is 45.1 Å². The fourth-order valence-corrected chi connectivity index (χ4v) is 34.5. The Morgan fingerprint density at radius 1 is 0.527 bits per heavy atom. The maximum atomic E-state index is 2.74. The summed E-state index contributed by atoms with van der Waals surface area (Å²) < 4.78 is 3.32. The third-order valence-corrected chi connectivity index (χ3v) is 30.7. The second-order valence-corrected chi connectivity index (χ2v) is 31.7. The molecular weight excluding hydrogens is 787 g/mol. The fourth-order valence-electron chi connectivity index (χ4n) is 11.5. The molecule has 3 heteroatoms. The van der Waals surface area contributed by atoms with E-state index in [1.807, 2.05) is 0 Å². The average molecular weight is 851 g/mol. The van der Waals surface area contributed by atoms with Gasteiger partial charge in [-0.05, 0) is 0 Å². The standard InChI is InChI=1S/2C23H27.C6H10.2ClH.Zr/c2*1-16(2)13-17-14-19-7-6-8-21(22(19)15-17)18-9-11-20(12-10-18)23(3,4)5;1-2-4-6-5-3-1;;;/h2*6-12,14-16H,13H2,1-5H3;1-2H,3-6H2;2*1H;/q;;;;;+2/p-2. The van der Waals surface area contributed by atoms with Gasteiger partial charge in [0.1, 0.15) is 0 Å². The summed E-state index contributed by atoms with van der Waals surface area (Å²) in [7, 11) is 0. The first-order valence-electron chi connectivity index (χ1n) is 21.1. The second kappa shape index (κ2) is 15.9. The van der Waals surface area contributed by atoms with Crippen LogP contribution in [0.4, 0.5) is 0 Å². The van der Waals surface area contributed by atoms with Crippen molar-refractivity contribution in [3.8, 4) is 22.3 Å². The number of benzene rings is 4. The number of fused-ring (bicyclic) bond motifs is 3. The maximum Gasteiger partial charge on any atom is -1.00 e. The molecule has 290 valence electrons. The van der Waals surface area contributed by atoms with Crippen LogP contribution in [0.25, 0.3) is 34.4 Å². The Balaban J connectivity index is 0.00000257. The Hall–Kier alpha value is -2.18. The predicted molar refractivity (Wildman–Crippen MR) is 227 cm³/mol. The van der Waals surface area contributed by atoms with Crippen LogP contribution in [0, 0.1) is 11.8 Å². The van der Waals surface area contributed by atoms with Crippen LogP contribution >= 0.6 is 0 Å². The summed E-state index contributed by atoms with van der Waals surface area (Å²) in [4.78, 5) is 0. The van der Waals surface area contributed by atoms with Crippen molar-refractivity contribution in [2.45, 2.75) is 133 Å². The van der Waals surface area contributed by atoms with E-state index in [0.717, 1.165) is 7.25 Å². The first kappa shape index (κ1) is 42.4. The molecule has 55 heavy (non-hydrogen) atoms. The molecule has 1 aliphatic heterocycles. The molecule has 1 heterocycles. The predicted octanol–water partition coefficient (Wildman–Crippen LogP) is 9.61. The van der Waals surface area contributed by atoms with E-state index in [1.54, 1.807) is 33.4 Å². The van der Waals surface area contributed by atoms with Gasteiger partial charge >= 0.3 is 329 Å². The minimum atomic E-state index is -3.13. The monoisotopic (exact) mass is 848 g/mol. The van der Waals surface area contributed by atoms with E-state index >= 15 is 0 Å². The molecule has 0 amide bonds. The van der Waals surface area contributed by atoms with Crippen LogP contribution in [0.1, 0.15) is 148 Å². The van der Waals surface area contributed by atoms with Crippen LogP contribution in [0.3, 0.4) is 0 Å². The molecule has 1 saturated heterocycles. The first-order valence-corrected chi connectivity index (χ1v) is 26.8. The molecular formula is C52H64Cl2Zr. The van der Waals surface area contributed by atoms with Gasteiger partial charge in [0.2, 0.25) is 0 Å². The number of allylic oxidation sites excluding steroid dienone is 2. The molecule has 0 spiro atoms. The Labute approximate surface area is 351 Å². The van der Waals surface area contributed by atoms with Crippen LogP contribution in [0.5, 0.6) is 0 Å². The van der Waals surface area contributed by atoms with Gasteiger partial charge in [-0.2, -0.15) is 0 Å². The third-order valence-electron chi connectivity index (χ3n) is 13.7. The van der Waals surface area contributed by atoms with Crippen molar-refractivity contribution in [3.63, 3.8) is 0 Å². The minimum absolute atomic E-state index is 0. The van der Waals surface area contributed by atoms with E-state index in [4.69, 9.17) is 0 Å². The average Bonchev–Trinajstić information content (AvgIpc) is 3.38. The van der Waals surface area contributed by atoms with Crippen molar-refractivity contribution >= 4 is 12.2 Å². The number of rotatable bonds is 8. The number of halogens is 2. The molecule has 2 fully saturated rings. The molecule has 3 aliphatic carbocycles. The van der Waals surface area contributed by atoms with Crippen molar-refractivity contribution in [3.05, 3.63) is 129 Å². The quantitative estimate of drug-likeness (QED) is 0.166. The second-order valence-electron chi connectivity index (χ2n) is 20.3. The summed E-state index contributed by atoms with van der Waals surface area (Å²) in [6.07, 6.45) is 13.8. The smallest absolute Gasteiger partial charge is 1.00 e. The molecule has 4 atom stereocenters. The van der Waals surface area contributed by atoms with Gasteiger partial charge in [-0.15, -0.1) is 0 Å². The van der Waals surface area contributed by atoms with E-state index in [-0.39, 0.29) is 35.6 Å². The van der Waals surface area contributed by atoms with Crippen molar-refractivity contribution in [1.82, 2.24) is 0 Å². The Kier molecular flexibility index (Phi) is 12.2. The van der Waals surface area contributed by atoms with E-state index in [9.17, 15) is 0 Å². The normalized spacial score (nSPS) is 22.8. The Bertz CT molecular complexity index is 1920. The molecule has 4 aromatic carbocycles. The SMILES string of the molecule is CC(C)CC1=Cc2c(-c3ccc(C(C)(C)C)cc3)cccc2[CH]1[Zr+2]1([CH]2C(CC(C)C)=Cc3c(-c4ccc(C(C)(C)C)cc4)cccc32)[CH]2CCCC[CH]21.[Cl-].[Cl-]. The van der Waals surface area contributed by atoms with Gasteiger partial charge in [0.05, 0.1) is 0 Å². The van der Waals surface area contributed by atoms with Gasteiger partial charge in [-0.25, -0.2) is 0 Å².